The van der Waals surface area contributed by atoms with Crippen molar-refractivity contribution in [2.24, 2.45) is 0 Å². The predicted octanol–water partition coefficient (Wildman–Crippen LogP) is 2.07. The second kappa shape index (κ2) is 8.32. The van der Waals surface area contributed by atoms with Crippen molar-refractivity contribution in [3.8, 4) is 11.4 Å². The average molecular weight is 425 g/mol. The molecule has 0 amide bonds. The summed E-state index contributed by atoms with van der Waals surface area (Å²) >= 11 is 0. The van der Waals surface area contributed by atoms with E-state index in [-0.39, 0.29) is 30.0 Å². The molecule has 0 aliphatic heterocycles. The highest BCUT2D eigenvalue weighted by Gasteiger charge is 2.15. The second-order valence-electron chi connectivity index (χ2n) is 6.69. The van der Waals surface area contributed by atoms with Crippen LogP contribution >= 0.6 is 0 Å². The third kappa shape index (κ3) is 4.26. The lowest BCUT2D eigenvalue weighted by Crippen LogP contribution is -2.30. The van der Waals surface area contributed by atoms with E-state index in [4.69, 9.17) is 4.74 Å². The Morgan fingerprint density at radius 1 is 1.23 bits per heavy atom. The molecule has 0 spiro atoms. The highest BCUT2D eigenvalue weighted by atomic mass is 19.1. The van der Waals surface area contributed by atoms with Crippen molar-refractivity contribution < 1.29 is 19.2 Å². The van der Waals surface area contributed by atoms with Crippen molar-refractivity contribution in [2.75, 3.05) is 6.61 Å². The fourth-order valence-electron chi connectivity index (χ4n) is 3.01. The third-order valence-corrected chi connectivity index (χ3v) is 4.50. The Morgan fingerprint density at radius 2 is 2.00 bits per heavy atom. The zero-order valence-corrected chi connectivity index (χ0v) is 16.0. The first kappa shape index (κ1) is 20.2. The van der Waals surface area contributed by atoms with Crippen LogP contribution < -0.4 is 10.3 Å². The summed E-state index contributed by atoms with van der Waals surface area (Å²) < 4.78 is 21.2. The number of non-ortho nitro benzene ring substituents is 1. The molecular weight excluding hydrogens is 409 g/mol. The Kier molecular flexibility index (Phi) is 5.41. The van der Waals surface area contributed by atoms with Gasteiger partial charge in [-0.25, -0.2) is 14.1 Å². The quantitative estimate of drug-likeness (QED) is 0.355. The van der Waals surface area contributed by atoms with Crippen molar-refractivity contribution in [3.63, 3.8) is 0 Å². The van der Waals surface area contributed by atoms with Gasteiger partial charge in [0.1, 0.15) is 36.0 Å². The summed E-state index contributed by atoms with van der Waals surface area (Å²) in [6, 6.07) is 11.2. The monoisotopic (exact) mass is 425 g/mol. The summed E-state index contributed by atoms with van der Waals surface area (Å²) in [6.07, 6.45) is 1.57. The van der Waals surface area contributed by atoms with Gasteiger partial charge in [0, 0.05) is 6.07 Å². The van der Waals surface area contributed by atoms with Gasteiger partial charge in [0.25, 0.3) is 11.2 Å². The van der Waals surface area contributed by atoms with Gasteiger partial charge < -0.3 is 9.84 Å². The smallest absolute Gasteiger partial charge is 0.273 e. The number of aromatic nitrogens is 4. The lowest BCUT2D eigenvalue weighted by molar-refractivity contribution is -0.384. The number of nitrogens with zero attached hydrogens (tertiary/aromatic N) is 5. The van der Waals surface area contributed by atoms with Gasteiger partial charge in [0.2, 0.25) is 0 Å². The molecule has 0 radical (unpaired) electrons. The number of nitro benzene ring substituents is 1. The Bertz CT molecular complexity index is 1300. The topological polar surface area (TPSA) is 125 Å². The highest BCUT2D eigenvalue weighted by Crippen LogP contribution is 2.19. The molecule has 4 aromatic rings. The second-order valence-corrected chi connectivity index (χ2v) is 6.69. The summed E-state index contributed by atoms with van der Waals surface area (Å²) in [4.78, 5) is 27.3. The van der Waals surface area contributed by atoms with Crippen molar-refractivity contribution in [1.29, 1.82) is 0 Å². The number of hydrogen-bond donors (Lipinski definition) is 1. The van der Waals surface area contributed by atoms with Gasteiger partial charge in [-0.2, -0.15) is 5.10 Å². The maximum absolute atomic E-state index is 13.1. The molecule has 1 atom stereocenters. The Morgan fingerprint density at radius 3 is 2.74 bits per heavy atom. The standard InChI is InChI=1S/C20H16FN5O5/c21-13-4-6-14(7-5-13)25-19-18(9-23-25)20(28)24(12-22-19)10-16(27)11-31-17-3-1-2-15(8-17)26(29)30/h1-9,12,16,27H,10-11H2/t16-/m1/s1. The molecule has 0 bridgehead atoms. The molecule has 0 aliphatic rings. The summed E-state index contributed by atoms with van der Waals surface area (Å²) in [5, 5.41) is 25.4. The normalized spacial score (nSPS) is 12.1. The Labute approximate surface area is 173 Å². The van der Waals surface area contributed by atoms with Gasteiger partial charge in [0.15, 0.2) is 5.65 Å². The number of hydrogen-bond acceptors (Lipinski definition) is 7. The third-order valence-electron chi connectivity index (χ3n) is 4.50. The van der Waals surface area contributed by atoms with E-state index in [0.717, 1.165) is 0 Å². The molecule has 1 N–H and O–H groups in total. The van der Waals surface area contributed by atoms with Crippen LogP contribution in [0.3, 0.4) is 0 Å². The molecular formula is C20H16FN5O5. The van der Waals surface area contributed by atoms with Gasteiger partial charge >= 0.3 is 0 Å². The lowest BCUT2D eigenvalue weighted by Gasteiger charge is -2.13. The van der Waals surface area contributed by atoms with E-state index >= 15 is 0 Å². The maximum atomic E-state index is 13.1. The first-order valence-electron chi connectivity index (χ1n) is 9.17. The van der Waals surface area contributed by atoms with Gasteiger partial charge in [-0.15, -0.1) is 0 Å². The van der Waals surface area contributed by atoms with Gasteiger partial charge in [-0.3, -0.25) is 19.5 Å². The molecule has 4 rings (SSSR count). The molecule has 10 nitrogen and oxygen atoms in total. The molecule has 0 saturated carbocycles. The highest BCUT2D eigenvalue weighted by molar-refractivity contribution is 5.74. The van der Waals surface area contributed by atoms with Gasteiger partial charge in [0.05, 0.1) is 29.4 Å². The number of nitro groups is 1. The van der Waals surface area contributed by atoms with Crippen molar-refractivity contribution >= 4 is 16.7 Å². The largest absolute Gasteiger partial charge is 0.491 e. The first-order valence-corrected chi connectivity index (χ1v) is 9.17. The molecule has 0 aliphatic carbocycles. The predicted molar refractivity (Wildman–Crippen MR) is 108 cm³/mol. The molecule has 0 fully saturated rings. The number of benzene rings is 2. The minimum atomic E-state index is -1.07. The van der Waals surface area contributed by atoms with E-state index in [1.54, 1.807) is 0 Å². The van der Waals surface area contributed by atoms with E-state index in [0.29, 0.717) is 11.3 Å². The van der Waals surface area contributed by atoms with Crippen molar-refractivity contribution in [3.05, 3.63) is 87.3 Å². The lowest BCUT2D eigenvalue weighted by atomic mass is 10.3. The molecule has 0 saturated heterocycles. The molecule has 2 aromatic carbocycles. The van der Waals surface area contributed by atoms with E-state index in [1.165, 1.54) is 70.3 Å². The number of rotatable bonds is 7. The maximum Gasteiger partial charge on any atom is 0.273 e. The van der Waals surface area contributed by atoms with Crippen LogP contribution in [0, 0.1) is 15.9 Å². The van der Waals surface area contributed by atoms with Crippen LogP contribution in [-0.2, 0) is 6.54 Å². The SMILES string of the molecule is O=c1c2cnn(-c3ccc(F)cc3)c2ncn1C[C@@H](O)COc1cccc([N+](=O)[O-])c1. The van der Waals surface area contributed by atoms with Crippen LogP contribution in [0.2, 0.25) is 0 Å². The summed E-state index contributed by atoms with van der Waals surface area (Å²) in [5.74, 6) is -0.161. The van der Waals surface area contributed by atoms with Crippen LogP contribution in [0.1, 0.15) is 0 Å². The van der Waals surface area contributed by atoms with E-state index < -0.39 is 22.4 Å². The fourth-order valence-corrected chi connectivity index (χ4v) is 3.01. The van der Waals surface area contributed by atoms with E-state index in [1.807, 2.05) is 0 Å². The average Bonchev–Trinajstić information content (AvgIpc) is 3.20. The summed E-state index contributed by atoms with van der Waals surface area (Å²) in [7, 11) is 0. The van der Waals surface area contributed by atoms with E-state index in [2.05, 4.69) is 10.1 Å². The van der Waals surface area contributed by atoms with Gasteiger partial charge in [-0.1, -0.05) is 6.07 Å². The Balaban J connectivity index is 1.49. The summed E-state index contributed by atoms with van der Waals surface area (Å²) in [6.45, 7) is -0.279. The number of ether oxygens (including phenoxy) is 1. The minimum Gasteiger partial charge on any atom is -0.491 e. The van der Waals surface area contributed by atoms with Crippen LogP contribution in [-0.4, -0.2) is 42.1 Å². The molecule has 0 unspecified atom stereocenters. The molecule has 2 heterocycles. The number of halogens is 1. The van der Waals surface area contributed by atoms with Crippen molar-refractivity contribution in [1.82, 2.24) is 19.3 Å². The number of fused-ring (bicyclic) bond motifs is 1. The van der Waals surface area contributed by atoms with Crippen LogP contribution in [0.15, 0.2) is 65.8 Å². The van der Waals surface area contributed by atoms with E-state index in [9.17, 15) is 24.4 Å². The van der Waals surface area contributed by atoms with Crippen LogP contribution in [0.25, 0.3) is 16.7 Å². The Hall–Kier alpha value is -4.12. The van der Waals surface area contributed by atoms with Gasteiger partial charge in [-0.05, 0) is 30.3 Å². The molecule has 158 valence electrons. The zero-order valence-electron chi connectivity index (χ0n) is 16.0. The van der Waals surface area contributed by atoms with Crippen LogP contribution in [0.4, 0.5) is 10.1 Å². The summed E-state index contributed by atoms with van der Waals surface area (Å²) in [5.41, 5.74) is 0.311. The molecule has 11 heteroatoms. The first-order chi connectivity index (χ1) is 14.9. The van der Waals surface area contributed by atoms with Crippen molar-refractivity contribution in [2.45, 2.75) is 12.6 Å². The number of aliphatic hydroxyl groups is 1. The zero-order chi connectivity index (χ0) is 22.0. The molecule has 2 aromatic heterocycles. The fraction of sp³-hybridized carbons (Fsp3) is 0.150. The number of aliphatic hydroxyl groups excluding tert-OH is 1. The van der Waals surface area contributed by atoms with Crippen LogP contribution in [0.5, 0.6) is 5.75 Å². The minimum absolute atomic E-state index is 0.0988. The molecule has 31 heavy (non-hydrogen) atoms.